The predicted molar refractivity (Wildman–Crippen MR) is 122 cm³/mol. The lowest BCUT2D eigenvalue weighted by Gasteiger charge is -2.61. The maximum atomic E-state index is 13.9. The number of rotatable bonds is 4. The van der Waals surface area contributed by atoms with Crippen LogP contribution in [0.25, 0.3) is 0 Å². The molecule has 8 nitrogen and oxygen atoms in total. The van der Waals surface area contributed by atoms with Gasteiger partial charge in [-0.15, -0.1) is 0 Å². The summed E-state index contributed by atoms with van der Waals surface area (Å²) in [4.78, 5) is 35.2. The van der Waals surface area contributed by atoms with Crippen molar-refractivity contribution in [2.75, 3.05) is 26.2 Å². The van der Waals surface area contributed by atoms with Crippen LogP contribution in [0, 0.1) is 0 Å². The number of nitrogens with zero attached hydrogens (tertiary/aromatic N) is 4. The van der Waals surface area contributed by atoms with E-state index in [4.69, 9.17) is 0 Å². The van der Waals surface area contributed by atoms with Crippen molar-refractivity contribution in [3.8, 4) is 0 Å². The Morgan fingerprint density at radius 1 is 1.09 bits per heavy atom. The number of carbonyl (C=O) groups excluding carboxylic acids is 2. The number of sulfonamides is 1. The van der Waals surface area contributed by atoms with Crippen molar-refractivity contribution in [2.45, 2.75) is 49.1 Å². The Kier molecular flexibility index (Phi) is 5.29. The number of benzene rings is 1. The van der Waals surface area contributed by atoms with Crippen molar-refractivity contribution in [1.82, 2.24) is 19.1 Å². The third-order valence-corrected chi connectivity index (χ3v) is 8.87. The Bertz CT molecular complexity index is 1190. The Labute approximate surface area is 194 Å². The minimum absolute atomic E-state index is 0.0171. The van der Waals surface area contributed by atoms with E-state index < -0.39 is 21.5 Å². The number of pyridine rings is 1. The van der Waals surface area contributed by atoms with Gasteiger partial charge in [-0.2, -0.15) is 4.31 Å². The molecule has 1 unspecified atom stereocenters. The fraction of sp³-hybridized carbons (Fsp3) is 0.458. The van der Waals surface area contributed by atoms with Crippen molar-refractivity contribution in [2.24, 2.45) is 0 Å². The van der Waals surface area contributed by atoms with Crippen LogP contribution in [0.15, 0.2) is 53.7 Å². The Morgan fingerprint density at radius 3 is 2.42 bits per heavy atom. The molecular formula is C24H28N4O4S. The molecule has 2 amide bonds. The fourth-order valence-corrected chi connectivity index (χ4v) is 7.18. The van der Waals surface area contributed by atoms with E-state index in [2.05, 4.69) is 4.98 Å². The molecule has 2 aromatic rings. The van der Waals surface area contributed by atoms with E-state index in [-0.39, 0.29) is 35.8 Å². The van der Waals surface area contributed by atoms with E-state index >= 15 is 0 Å². The van der Waals surface area contributed by atoms with Crippen molar-refractivity contribution in [3.63, 3.8) is 0 Å². The molecule has 3 aliphatic heterocycles. The minimum atomic E-state index is -3.78. The van der Waals surface area contributed by atoms with Gasteiger partial charge in [0.15, 0.2) is 0 Å². The lowest BCUT2D eigenvalue weighted by atomic mass is 9.68. The van der Waals surface area contributed by atoms with Crippen LogP contribution in [0.4, 0.5) is 0 Å². The van der Waals surface area contributed by atoms with Crippen molar-refractivity contribution in [1.29, 1.82) is 0 Å². The van der Waals surface area contributed by atoms with Crippen LogP contribution < -0.4 is 0 Å². The summed E-state index contributed by atoms with van der Waals surface area (Å²) < 4.78 is 27.9. The summed E-state index contributed by atoms with van der Waals surface area (Å²) >= 11 is 0. The third kappa shape index (κ3) is 3.28. The van der Waals surface area contributed by atoms with Gasteiger partial charge >= 0.3 is 0 Å². The lowest BCUT2D eigenvalue weighted by Crippen LogP contribution is -2.78. The molecular weight excluding hydrogens is 440 g/mol. The van der Waals surface area contributed by atoms with Gasteiger partial charge in [-0.25, -0.2) is 8.42 Å². The minimum Gasteiger partial charge on any atom is -0.342 e. The second-order valence-electron chi connectivity index (χ2n) is 9.39. The summed E-state index contributed by atoms with van der Waals surface area (Å²) in [5.74, 6) is -0.770. The molecule has 1 spiro atoms. The van der Waals surface area contributed by atoms with E-state index in [1.54, 1.807) is 17.0 Å². The molecule has 0 radical (unpaired) electrons. The summed E-state index contributed by atoms with van der Waals surface area (Å²) in [5.41, 5.74) is 0.312. The summed E-state index contributed by atoms with van der Waals surface area (Å²) in [6, 6.07) is 10.2. The molecule has 0 aliphatic carbocycles. The molecule has 1 aromatic heterocycles. The maximum absolute atomic E-state index is 13.9. The quantitative estimate of drug-likeness (QED) is 0.685. The number of hydrogen-bond donors (Lipinski definition) is 0. The molecule has 1 aromatic carbocycles. The Balaban J connectivity index is 1.60. The SMILES string of the molecule is CC(C)N1C(=O)c2ccccc2C(C(=O)N2CCCC2)C12CN(S(=O)(=O)c1cccnc1)C2. The van der Waals surface area contributed by atoms with E-state index in [9.17, 15) is 18.0 Å². The summed E-state index contributed by atoms with van der Waals surface area (Å²) in [7, 11) is -3.78. The Hall–Kier alpha value is -2.78. The van der Waals surface area contributed by atoms with Crippen LogP contribution >= 0.6 is 0 Å². The van der Waals surface area contributed by atoms with Crippen LogP contribution in [-0.2, 0) is 14.8 Å². The van der Waals surface area contributed by atoms with E-state index in [0.717, 1.165) is 12.8 Å². The number of carbonyl (C=O) groups is 2. The van der Waals surface area contributed by atoms with Crippen molar-refractivity contribution >= 4 is 21.8 Å². The molecule has 0 bridgehead atoms. The van der Waals surface area contributed by atoms with Gasteiger partial charge in [0.2, 0.25) is 15.9 Å². The average molecular weight is 469 g/mol. The highest BCUT2D eigenvalue weighted by atomic mass is 32.2. The highest BCUT2D eigenvalue weighted by Gasteiger charge is 2.64. The van der Waals surface area contributed by atoms with Crippen molar-refractivity contribution < 1.29 is 18.0 Å². The van der Waals surface area contributed by atoms with Gasteiger partial charge in [-0.05, 0) is 50.5 Å². The first kappa shape index (κ1) is 22.0. The lowest BCUT2D eigenvalue weighted by molar-refractivity contribution is -0.140. The zero-order chi connectivity index (χ0) is 23.4. The second kappa shape index (κ2) is 7.92. The zero-order valence-corrected chi connectivity index (χ0v) is 19.7. The van der Waals surface area contributed by atoms with Crippen LogP contribution in [0.1, 0.15) is 48.5 Å². The first-order chi connectivity index (χ1) is 15.8. The van der Waals surface area contributed by atoms with Crippen LogP contribution in [-0.4, -0.2) is 77.1 Å². The molecule has 4 heterocycles. The molecule has 2 saturated heterocycles. The maximum Gasteiger partial charge on any atom is 0.254 e. The van der Waals surface area contributed by atoms with Gasteiger partial charge in [0, 0.05) is 50.2 Å². The molecule has 0 N–H and O–H groups in total. The summed E-state index contributed by atoms with van der Waals surface area (Å²) in [5, 5.41) is 0. The average Bonchev–Trinajstić information content (AvgIpc) is 3.32. The standard InChI is InChI=1S/C24H28N4O4S/c1-17(2)28-22(29)20-10-4-3-9-19(20)21(23(30)26-12-5-6-13-26)24(28)15-27(16-24)33(31,32)18-8-7-11-25-14-18/h3-4,7-11,14,17,21H,5-6,12-13,15-16H2,1-2H3. The largest absolute Gasteiger partial charge is 0.342 e. The smallest absolute Gasteiger partial charge is 0.254 e. The topological polar surface area (TPSA) is 90.9 Å². The normalized spacial score (nSPS) is 22.5. The fourth-order valence-electron chi connectivity index (χ4n) is 5.65. The number of aromatic nitrogens is 1. The first-order valence-electron chi connectivity index (χ1n) is 11.4. The molecule has 0 saturated carbocycles. The van der Waals surface area contributed by atoms with Crippen molar-refractivity contribution in [3.05, 3.63) is 59.9 Å². The molecule has 174 valence electrons. The molecule has 2 fully saturated rings. The van der Waals surface area contributed by atoms with Crippen LogP contribution in [0.5, 0.6) is 0 Å². The van der Waals surface area contributed by atoms with E-state index in [0.29, 0.717) is 24.2 Å². The Morgan fingerprint density at radius 2 is 1.79 bits per heavy atom. The highest BCUT2D eigenvalue weighted by molar-refractivity contribution is 7.89. The number of hydrogen-bond acceptors (Lipinski definition) is 5. The van der Waals surface area contributed by atoms with Crippen LogP contribution in [0.3, 0.4) is 0 Å². The highest BCUT2D eigenvalue weighted by Crippen LogP contribution is 2.49. The summed E-state index contributed by atoms with van der Waals surface area (Å²) in [6.45, 7) is 5.38. The second-order valence-corrected chi connectivity index (χ2v) is 11.3. The zero-order valence-electron chi connectivity index (χ0n) is 18.8. The van der Waals surface area contributed by atoms with Gasteiger partial charge < -0.3 is 9.80 Å². The van der Waals surface area contributed by atoms with Gasteiger partial charge in [-0.1, -0.05) is 18.2 Å². The van der Waals surface area contributed by atoms with Crippen LogP contribution in [0.2, 0.25) is 0 Å². The third-order valence-electron chi connectivity index (χ3n) is 7.09. The van der Waals surface area contributed by atoms with Gasteiger partial charge in [-0.3, -0.25) is 14.6 Å². The monoisotopic (exact) mass is 468 g/mol. The molecule has 9 heteroatoms. The molecule has 1 atom stereocenters. The molecule has 3 aliphatic rings. The molecule has 5 rings (SSSR count). The number of amides is 2. The molecule has 33 heavy (non-hydrogen) atoms. The summed E-state index contributed by atoms with van der Waals surface area (Å²) in [6.07, 6.45) is 4.77. The van der Waals surface area contributed by atoms with Gasteiger partial charge in [0.05, 0.1) is 11.5 Å². The van der Waals surface area contributed by atoms with E-state index in [1.165, 1.54) is 22.8 Å². The number of likely N-dealkylation sites (tertiary alicyclic amines) is 1. The van der Waals surface area contributed by atoms with Gasteiger partial charge in [0.25, 0.3) is 5.91 Å². The predicted octanol–water partition coefficient (Wildman–Crippen LogP) is 2.10. The first-order valence-corrected chi connectivity index (χ1v) is 12.8. The van der Waals surface area contributed by atoms with E-state index in [1.807, 2.05) is 36.9 Å². The van der Waals surface area contributed by atoms with Gasteiger partial charge in [0.1, 0.15) is 4.90 Å². The number of fused-ring (bicyclic) bond motifs is 1.